The predicted molar refractivity (Wildman–Crippen MR) is 68.3 cm³/mol. The van der Waals surface area contributed by atoms with Crippen LogP contribution in [0.3, 0.4) is 0 Å². The topological polar surface area (TPSA) is 69.7 Å². The van der Waals surface area contributed by atoms with E-state index in [1.54, 1.807) is 6.92 Å². The minimum Gasteiger partial charge on any atom is -0.468 e. The van der Waals surface area contributed by atoms with Crippen molar-refractivity contribution in [3.63, 3.8) is 0 Å². The highest BCUT2D eigenvalue weighted by Crippen LogP contribution is 2.25. The molecule has 5 heteroatoms. The lowest BCUT2D eigenvalue weighted by Crippen LogP contribution is -2.26. The maximum Gasteiger partial charge on any atom is 0.316 e. The van der Waals surface area contributed by atoms with Crippen LogP contribution in [0.4, 0.5) is 0 Å². The molecule has 1 aliphatic rings. The second-order valence-corrected chi connectivity index (χ2v) is 4.81. The summed E-state index contributed by atoms with van der Waals surface area (Å²) >= 11 is 0. The molecule has 0 aromatic heterocycles. The molecule has 5 nitrogen and oxygen atoms in total. The third kappa shape index (κ3) is 4.65. The van der Waals surface area contributed by atoms with E-state index in [1.165, 1.54) is 7.11 Å². The molecule has 0 aromatic rings. The fourth-order valence-electron chi connectivity index (χ4n) is 2.42. The van der Waals surface area contributed by atoms with Crippen LogP contribution < -0.4 is 0 Å². The summed E-state index contributed by atoms with van der Waals surface area (Å²) < 4.78 is 9.69. The molecule has 0 bridgehead atoms. The Morgan fingerprint density at radius 3 is 2.53 bits per heavy atom. The first-order valence-corrected chi connectivity index (χ1v) is 6.87. The quantitative estimate of drug-likeness (QED) is 0.578. The Morgan fingerprint density at radius 1 is 1.16 bits per heavy atom. The highest BCUT2D eigenvalue weighted by molar-refractivity contribution is 5.98. The Hall–Kier alpha value is -1.39. The third-order valence-corrected chi connectivity index (χ3v) is 3.52. The number of Topliss-reactive ketones (excluding diaryl/α,β-unsaturated/α-hetero) is 1. The summed E-state index contributed by atoms with van der Waals surface area (Å²) in [5.74, 6) is -1.72. The number of rotatable bonds is 3. The molecular weight excluding hydrogens is 248 g/mol. The largest absolute Gasteiger partial charge is 0.468 e. The summed E-state index contributed by atoms with van der Waals surface area (Å²) in [7, 11) is 1.28. The van der Waals surface area contributed by atoms with Gasteiger partial charge in [0.15, 0.2) is 0 Å². The summed E-state index contributed by atoms with van der Waals surface area (Å²) in [5, 5.41) is 0. The molecule has 0 radical (unpaired) electrons. The van der Waals surface area contributed by atoms with Crippen molar-refractivity contribution in [2.75, 3.05) is 13.7 Å². The average molecular weight is 270 g/mol. The van der Waals surface area contributed by atoms with Gasteiger partial charge in [-0.25, -0.2) is 0 Å². The van der Waals surface area contributed by atoms with Crippen LogP contribution in [0, 0.1) is 11.8 Å². The van der Waals surface area contributed by atoms with E-state index in [-0.39, 0.29) is 17.7 Å². The van der Waals surface area contributed by atoms with Gasteiger partial charge < -0.3 is 9.47 Å². The van der Waals surface area contributed by atoms with Gasteiger partial charge in [0.05, 0.1) is 19.6 Å². The van der Waals surface area contributed by atoms with Crippen molar-refractivity contribution in [2.24, 2.45) is 11.8 Å². The number of carbonyl (C=O) groups excluding carboxylic acids is 3. The van der Waals surface area contributed by atoms with Crippen molar-refractivity contribution in [3.8, 4) is 0 Å². The first-order valence-electron chi connectivity index (χ1n) is 6.87. The van der Waals surface area contributed by atoms with Crippen LogP contribution in [0.15, 0.2) is 0 Å². The van der Waals surface area contributed by atoms with Crippen molar-refractivity contribution in [1.82, 2.24) is 0 Å². The van der Waals surface area contributed by atoms with Crippen LogP contribution in [0.2, 0.25) is 0 Å². The Kier molecular flexibility index (Phi) is 6.53. The van der Waals surface area contributed by atoms with Gasteiger partial charge in [-0.2, -0.15) is 0 Å². The molecule has 1 aliphatic carbocycles. The maximum atomic E-state index is 11.9. The maximum absolute atomic E-state index is 11.9. The van der Waals surface area contributed by atoms with E-state index in [9.17, 15) is 14.4 Å². The van der Waals surface area contributed by atoms with Crippen LogP contribution in [0.1, 0.15) is 45.4 Å². The average Bonchev–Trinajstić information content (AvgIpc) is 2.49. The van der Waals surface area contributed by atoms with Gasteiger partial charge in [0.25, 0.3) is 0 Å². The molecule has 0 amide bonds. The molecular formula is C14H22O5. The van der Waals surface area contributed by atoms with Crippen LogP contribution in [-0.2, 0) is 23.9 Å². The molecule has 1 fully saturated rings. The number of methoxy groups -OCH3 is 1. The number of hydrogen-bond donors (Lipinski definition) is 0. The fraction of sp³-hybridized carbons (Fsp3) is 0.786. The van der Waals surface area contributed by atoms with Gasteiger partial charge in [-0.05, 0) is 32.6 Å². The zero-order valence-corrected chi connectivity index (χ0v) is 11.6. The molecule has 2 atom stereocenters. The number of carbonyl (C=O) groups is 3. The monoisotopic (exact) mass is 270 g/mol. The molecule has 0 heterocycles. The lowest BCUT2D eigenvalue weighted by Gasteiger charge is -2.16. The van der Waals surface area contributed by atoms with Gasteiger partial charge in [-0.15, -0.1) is 0 Å². The number of ketones is 1. The van der Waals surface area contributed by atoms with E-state index >= 15 is 0 Å². The normalized spacial score (nSPS) is 24.8. The molecule has 2 unspecified atom stereocenters. The molecule has 0 aromatic carbocycles. The van der Waals surface area contributed by atoms with Gasteiger partial charge in [0, 0.05) is 6.42 Å². The van der Waals surface area contributed by atoms with Gasteiger partial charge in [0.1, 0.15) is 11.7 Å². The van der Waals surface area contributed by atoms with Crippen LogP contribution in [0.25, 0.3) is 0 Å². The van der Waals surface area contributed by atoms with Crippen molar-refractivity contribution in [2.45, 2.75) is 45.4 Å². The van der Waals surface area contributed by atoms with E-state index in [0.29, 0.717) is 32.3 Å². The molecule has 108 valence electrons. The molecule has 0 N–H and O–H groups in total. The van der Waals surface area contributed by atoms with Crippen molar-refractivity contribution in [3.05, 3.63) is 0 Å². The fourth-order valence-corrected chi connectivity index (χ4v) is 2.42. The molecule has 1 saturated carbocycles. The Bertz CT molecular complexity index is 337. The standard InChI is InChI=1S/C14H22O5/c1-3-19-13(16)10-6-4-5-7-12(15)11(9-8-10)14(17)18-2/h10-11H,3-9H2,1-2H3. The zero-order chi connectivity index (χ0) is 14.3. The molecule has 0 saturated heterocycles. The second-order valence-electron chi connectivity index (χ2n) is 4.81. The summed E-state index contributed by atoms with van der Waals surface area (Å²) in [6.07, 6.45) is 3.50. The molecule has 19 heavy (non-hydrogen) atoms. The van der Waals surface area contributed by atoms with Gasteiger partial charge in [-0.3, -0.25) is 14.4 Å². The minimum absolute atomic E-state index is 0.0728. The second kappa shape index (κ2) is 7.92. The summed E-state index contributed by atoms with van der Waals surface area (Å²) in [5.41, 5.74) is 0. The van der Waals surface area contributed by atoms with Crippen molar-refractivity contribution >= 4 is 17.7 Å². The summed E-state index contributed by atoms with van der Waals surface area (Å²) in [6.45, 7) is 2.13. The minimum atomic E-state index is -0.722. The Morgan fingerprint density at radius 2 is 1.89 bits per heavy atom. The highest BCUT2D eigenvalue weighted by Gasteiger charge is 2.31. The molecule has 0 aliphatic heterocycles. The predicted octanol–water partition coefficient (Wildman–Crippen LogP) is 1.88. The smallest absolute Gasteiger partial charge is 0.316 e. The lowest BCUT2D eigenvalue weighted by molar-refractivity contribution is -0.152. The highest BCUT2D eigenvalue weighted by atomic mass is 16.5. The third-order valence-electron chi connectivity index (χ3n) is 3.52. The van der Waals surface area contributed by atoms with Gasteiger partial charge >= 0.3 is 11.9 Å². The molecule has 0 spiro atoms. The summed E-state index contributed by atoms with van der Waals surface area (Å²) in [4.78, 5) is 35.3. The van der Waals surface area contributed by atoms with Gasteiger partial charge in [0.2, 0.25) is 0 Å². The SMILES string of the molecule is CCOC(=O)C1CCCCC(=O)C(C(=O)OC)CC1. The Labute approximate surface area is 113 Å². The van der Waals surface area contributed by atoms with Crippen LogP contribution >= 0.6 is 0 Å². The van der Waals surface area contributed by atoms with E-state index in [1.807, 2.05) is 0 Å². The van der Waals surface area contributed by atoms with E-state index in [4.69, 9.17) is 4.74 Å². The number of hydrogen-bond acceptors (Lipinski definition) is 5. The van der Waals surface area contributed by atoms with E-state index in [2.05, 4.69) is 4.74 Å². The number of esters is 2. The van der Waals surface area contributed by atoms with Crippen LogP contribution in [-0.4, -0.2) is 31.4 Å². The number of ether oxygens (including phenoxy) is 2. The van der Waals surface area contributed by atoms with Gasteiger partial charge in [-0.1, -0.05) is 6.42 Å². The summed E-state index contributed by atoms with van der Waals surface area (Å²) in [6, 6.07) is 0. The first kappa shape index (κ1) is 15.7. The first-order chi connectivity index (χ1) is 9.10. The van der Waals surface area contributed by atoms with Crippen molar-refractivity contribution in [1.29, 1.82) is 0 Å². The zero-order valence-electron chi connectivity index (χ0n) is 11.6. The molecule has 1 rings (SSSR count). The lowest BCUT2D eigenvalue weighted by atomic mass is 9.92. The van der Waals surface area contributed by atoms with Crippen LogP contribution in [0.5, 0.6) is 0 Å². The van der Waals surface area contributed by atoms with Crippen molar-refractivity contribution < 1.29 is 23.9 Å². The Balaban J connectivity index is 2.70. The van der Waals surface area contributed by atoms with E-state index < -0.39 is 11.9 Å². The van der Waals surface area contributed by atoms with E-state index in [0.717, 1.165) is 12.8 Å².